The van der Waals surface area contributed by atoms with Gasteiger partial charge < -0.3 is 10.1 Å². The standard InChI is InChI=1S/C15H19F3N2O4S/c1-10-7-20(8-11(2)24-10)25(22,23)13-5-3-4-12(6-13)14(21)19-9-15(16,17)18/h3-6,10-11H,7-9H2,1-2H3,(H,19,21). The lowest BCUT2D eigenvalue weighted by molar-refractivity contribution is -0.123. The lowest BCUT2D eigenvalue weighted by atomic mass is 10.2. The number of hydrogen-bond donors (Lipinski definition) is 1. The van der Waals surface area contributed by atoms with E-state index in [1.54, 1.807) is 19.2 Å². The maximum absolute atomic E-state index is 12.7. The van der Waals surface area contributed by atoms with Gasteiger partial charge in [0.25, 0.3) is 5.91 Å². The smallest absolute Gasteiger partial charge is 0.373 e. The Hall–Kier alpha value is -1.65. The number of halogens is 3. The molecule has 0 aliphatic carbocycles. The van der Waals surface area contributed by atoms with E-state index in [0.717, 1.165) is 6.07 Å². The van der Waals surface area contributed by atoms with E-state index in [4.69, 9.17) is 4.74 Å². The highest BCUT2D eigenvalue weighted by molar-refractivity contribution is 7.89. The third-order valence-corrected chi connectivity index (χ3v) is 5.40. The van der Waals surface area contributed by atoms with Crippen molar-refractivity contribution < 1.29 is 31.1 Å². The third-order valence-electron chi connectivity index (χ3n) is 3.57. The van der Waals surface area contributed by atoms with Crippen LogP contribution in [0.25, 0.3) is 0 Å². The molecule has 0 saturated carbocycles. The van der Waals surface area contributed by atoms with Crippen molar-refractivity contribution in [1.29, 1.82) is 0 Å². The summed E-state index contributed by atoms with van der Waals surface area (Å²) in [7, 11) is -3.88. The largest absolute Gasteiger partial charge is 0.405 e. The molecule has 140 valence electrons. The van der Waals surface area contributed by atoms with Crippen LogP contribution in [-0.2, 0) is 14.8 Å². The van der Waals surface area contributed by atoms with Gasteiger partial charge in [-0.2, -0.15) is 17.5 Å². The molecule has 2 atom stereocenters. The Labute approximate surface area is 144 Å². The van der Waals surface area contributed by atoms with Crippen molar-refractivity contribution in [2.75, 3.05) is 19.6 Å². The van der Waals surface area contributed by atoms with E-state index in [9.17, 15) is 26.4 Å². The zero-order valence-electron chi connectivity index (χ0n) is 13.7. The van der Waals surface area contributed by atoms with Crippen molar-refractivity contribution >= 4 is 15.9 Å². The van der Waals surface area contributed by atoms with Crippen molar-refractivity contribution in [1.82, 2.24) is 9.62 Å². The van der Waals surface area contributed by atoms with Gasteiger partial charge in [0.1, 0.15) is 6.54 Å². The molecule has 25 heavy (non-hydrogen) atoms. The minimum atomic E-state index is -4.54. The average Bonchev–Trinajstić information content (AvgIpc) is 2.51. The molecule has 1 aromatic carbocycles. The van der Waals surface area contributed by atoms with Gasteiger partial charge in [-0.25, -0.2) is 8.42 Å². The van der Waals surface area contributed by atoms with Crippen molar-refractivity contribution in [2.24, 2.45) is 0 Å². The molecule has 10 heteroatoms. The molecule has 0 bridgehead atoms. The maximum Gasteiger partial charge on any atom is 0.405 e. The summed E-state index contributed by atoms with van der Waals surface area (Å²) in [5.74, 6) is -0.988. The molecule has 0 radical (unpaired) electrons. The number of morpholine rings is 1. The lowest BCUT2D eigenvalue weighted by Gasteiger charge is -2.34. The number of nitrogens with zero attached hydrogens (tertiary/aromatic N) is 1. The first kappa shape index (κ1) is 19.7. The molecule has 1 aliphatic heterocycles. The summed E-state index contributed by atoms with van der Waals surface area (Å²) in [6, 6.07) is 4.96. The van der Waals surface area contributed by atoms with Crippen molar-refractivity contribution in [3.63, 3.8) is 0 Å². The van der Waals surface area contributed by atoms with Gasteiger partial charge in [0.15, 0.2) is 0 Å². The van der Waals surface area contributed by atoms with E-state index in [1.807, 2.05) is 0 Å². The summed E-state index contributed by atoms with van der Waals surface area (Å²) < 4.78 is 68.8. The second kappa shape index (κ2) is 7.30. The van der Waals surface area contributed by atoms with Crippen LogP contribution in [0.2, 0.25) is 0 Å². The van der Waals surface area contributed by atoms with Gasteiger partial charge in [0.05, 0.1) is 17.1 Å². The van der Waals surface area contributed by atoms with E-state index < -0.39 is 28.7 Å². The summed E-state index contributed by atoms with van der Waals surface area (Å²) in [6.07, 6.45) is -5.10. The normalized spacial score (nSPS) is 22.6. The number of nitrogens with one attached hydrogen (secondary N) is 1. The molecule has 6 nitrogen and oxygen atoms in total. The Bertz CT molecular complexity index is 727. The summed E-state index contributed by atoms with van der Waals surface area (Å²) >= 11 is 0. The molecular formula is C15H19F3N2O4S. The van der Waals surface area contributed by atoms with E-state index in [2.05, 4.69) is 0 Å². The fourth-order valence-corrected chi connectivity index (χ4v) is 4.19. The molecule has 1 aliphatic rings. The molecule has 1 saturated heterocycles. The van der Waals surface area contributed by atoms with Gasteiger partial charge in [-0.1, -0.05) is 6.07 Å². The highest BCUT2D eigenvalue weighted by Gasteiger charge is 2.33. The minimum absolute atomic E-state index is 0.145. The highest BCUT2D eigenvalue weighted by Crippen LogP contribution is 2.22. The highest BCUT2D eigenvalue weighted by atomic mass is 32.2. The van der Waals surface area contributed by atoms with Crippen molar-refractivity contribution in [2.45, 2.75) is 37.1 Å². The Kier molecular flexibility index (Phi) is 5.75. The van der Waals surface area contributed by atoms with Crippen LogP contribution < -0.4 is 5.32 Å². The second-order valence-electron chi connectivity index (χ2n) is 5.91. The number of alkyl halides is 3. The monoisotopic (exact) mass is 380 g/mol. The predicted molar refractivity (Wildman–Crippen MR) is 83.6 cm³/mol. The molecule has 1 amide bonds. The van der Waals surface area contributed by atoms with Crippen LogP contribution in [0.1, 0.15) is 24.2 Å². The number of hydrogen-bond acceptors (Lipinski definition) is 4. The van der Waals surface area contributed by atoms with Gasteiger partial charge in [0, 0.05) is 18.7 Å². The van der Waals surface area contributed by atoms with Crippen LogP contribution in [-0.4, -0.2) is 56.6 Å². The van der Waals surface area contributed by atoms with Crippen molar-refractivity contribution in [3.8, 4) is 0 Å². The first-order valence-electron chi connectivity index (χ1n) is 7.59. The minimum Gasteiger partial charge on any atom is -0.373 e. The number of sulfonamides is 1. The Morgan fingerprint density at radius 1 is 1.28 bits per heavy atom. The van der Waals surface area contributed by atoms with Gasteiger partial charge in [-0.15, -0.1) is 0 Å². The fourth-order valence-electron chi connectivity index (χ4n) is 2.56. The van der Waals surface area contributed by atoms with E-state index in [-0.39, 0.29) is 35.8 Å². The Balaban J connectivity index is 2.21. The van der Waals surface area contributed by atoms with Crippen LogP contribution in [0.3, 0.4) is 0 Å². The van der Waals surface area contributed by atoms with Gasteiger partial charge >= 0.3 is 6.18 Å². The van der Waals surface area contributed by atoms with E-state index in [1.165, 1.54) is 22.5 Å². The molecule has 0 aromatic heterocycles. The quantitative estimate of drug-likeness (QED) is 0.864. The summed E-state index contributed by atoms with van der Waals surface area (Å²) in [5.41, 5.74) is -0.153. The third kappa shape index (κ3) is 5.16. The van der Waals surface area contributed by atoms with Gasteiger partial charge in [0.2, 0.25) is 10.0 Å². The molecule has 1 aromatic rings. The van der Waals surface area contributed by atoms with Crippen LogP contribution in [0.5, 0.6) is 0 Å². The first-order valence-corrected chi connectivity index (χ1v) is 9.03. The average molecular weight is 380 g/mol. The molecule has 1 fully saturated rings. The van der Waals surface area contributed by atoms with Crippen LogP contribution in [0, 0.1) is 0 Å². The molecule has 1 N–H and O–H groups in total. The number of rotatable bonds is 4. The van der Waals surface area contributed by atoms with E-state index in [0.29, 0.717) is 0 Å². The maximum atomic E-state index is 12.7. The summed E-state index contributed by atoms with van der Waals surface area (Å²) in [6.45, 7) is 2.34. The molecular weight excluding hydrogens is 361 g/mol. The van der Waals surface area contributed by atoms with Crippen molar-refractivity contribution in [3.05, 3.63) is 29.8 Å². The molecule has 1 heterocycles. The predicted octanol–water partition coefficient (Wildman–Crippen LogP) is 1.78. The number of carbonyl (C=O) groups is 1. The van der Waals surface area contributed by atoms with Gasteiger partial charge in [-0.05, 0) is 32.0 Å². The zero-order chi connectivity index (χ0) is 18.8. The lowest BCUT2D eigenvalue weighted by Crippen LogP contribution is -2.48. The van der Waals surface area contributed by atoms with Crippen LogP contribution in [0.15, 0.2) is 29.2 Å². The van der Waals surface area contributed by atoms with Crippen LogP contribution >= 0.6 is 0 Å². The molecule has 2 unspecified atom stereocenters. The Morgan fingerprint density at radius 2 is 1.88 bits per heavy atom. The topological polar surface area (TPSA) is 75.7 Å². The summed E-state index contributed by atoms with van der Waals surface area (Å²) in [5, 5.41) is 1.72. The van der Waals surface area contributed by atoms with Crippen LogP contribution in [0.4, 0.5) is 13.2 Å². The second-order valence-corrected chi connectivity index (χ2v) is 7.84. The number of benzene rings is 1. The fraction of sp³-hybridized carbons (Fsp3) is 0.533. The number of carbonyl (C=O) groups excluding carboxylic acids is 1. The Morgan fingerprint density at radius 3 is 2.44 bits per heavy atom. The van der Waals surface area contributed by atoms with E-state index >= 15 is 0 Å². The SMILES string of the molecule is CC1CN(S(=O)(=O)c2cccc(C(=O)NCC(F)(F)F)c2)CC(C)O1. The summed E-state index contributed by atoms with van der Waals surface area (Å²) in [4.78, 5) is 11.7. The zero-order valence-corrected chi connectivity index (χ0v) is 14.5. The number of amides is 1. The molecule has 2 rings (SSSR count). The van der Waals surface area contributed by atoms with Gasteiger partial charge in [-0.3, -0.25) is 4.79 Å². The molecule has 0 spiro atoms. The number of ether oxygens (including phenoxy) is 1. The first-order chi connectivity index (χ1) is 11.5.